The molecule has 0 N–H and O–H groups in total. The van der Waals surface area contributed by atoms with E-state index in [0.29, 0.717) is 11.8 Å². The topological polar surface area (TPSA) is 12.4 Å². The maximum Gasteiger partial charge on any atom is 0.0493 e. The molecule has 2 aliphatic carbocycles. The molecule has 0 saturated heterocycles. The molecule has 0 saturated carbocycles. The molecular weight excluding hydrogens is 206 g/mol. The Kier molecular flexibility index (Phi) is 3.29. The monoisotopic (exact) mass is 231 g/mol. The van der Waals surface area contributed by atoms with Gasteiger partial charge in [0.2, 0.25) is 0 Å². The van der Waals surface area contributed by atoms with Crippen LogP contribution in [0.1, 0.15) is 53.4 Å². The first-order valence-corrected chi connectivity index (χ1v) is 6.90. The summed E-state index contributed by atoms with van der Waals surface area (Å²) >= 11 is 0. The van der Waals surface area contributed by atoms with E-state index in [9.17, 15) is 0 Å². The van der Waals surface area contributed by atoms with E-state index in [1.807, 2.05) is 0 Å². The largest absolute Gasteiger partial charge is 0.268 e. The molecule has 17 heavy (non-hydrogen) atoms. The first kappa shape index (κ1) is 12.6. The third-order valence-corrected chi connectivity index (χ3v) is 4.76. The van der Waals surface area contributed by atoms with Crippen LogP contribution in [0.5, 0.6) is 0 Å². The lowest BCUT2D eigenvalue weighted by molar-refractivity contribution is 0.250. The first-order chi connectivity index (χ1) is 8.01. The summed E-state index contributed by atoms with van der Waals surface area (Å²) in [5.74, 6) is 1.32. The molecule has 2 atom stereocenters. The lowest BCUT2D eigenvalue weighted by atomic mass is 9.65. The Balaban J connectivity index is 2.54. The van der Waals surface area contributed by atoms with Gasteiger partial charge in [0.15, 0.2) is 0 Å². The van der Waals surface area contributed by atoms with Crippen molar-refractivity contribution >= 4 is 6.72 Å². The number of nitrogens with zero attached hydrogens (tertiary/aromatic N) is 1. The van der Waals surface area contributed by atoms with Crippen LogP contribution in [0.4, 0.5) is 0 Å². The van der Waals surface area contributed by atoms with E-state index in [4.69, 9.17) is 0 Å². The van der Waals surface area contributed by atoms with Gasteiger partial charge in [0.05, 0.1) is 0 Å². The minimum Gasteiger partial charge on any atom is -0.268 e. The highest BCUT2D eigenvalue weighted by Crippen LogP contribution is 2.54. The smallest absolute Gasteiger partial charge is 0.0493 e. The van der Waals surface area contributed by atoms with Gasteiger partial charge < -0.3 is 0 Å². The minimum absolute atomic E-state index is 0.212. The molecule has 1 spiro atoms. The van der Waals surface area contributed by atoms with Gasteiger partial charge in [0, 0.05) is 11.1 Å². The molecule has 0 aromatic rings. The van der Waals surface area contributed by atoms with Gasteiger partial charge >= 0.3 is 0 Å². The summed E-state index contributed by atoms with van der Waals surface area (Å²) in [7, 11) is 0. The second-order valence-electron chi connectivity index (χ2n) is 6.16. The van der Waals surface area contributed by atoms with Crippen LogP contribution in [-0.4, -0.2) is 6.72 Å². The SMILES string of the molecule is C=NC1=C(C(C)C)CCC(C)C12C=C(C)CC2. The van der Waals surface area contributed by atoms with Gasteiger partial charge in [-0.2, -0.15) is 0 Å². The Hall–Kier alpha value is -0.850. The van der Waals surface area contributed by atoms with E-state index in [0.717, 1.165) is 0 Å². The molecule has 0 aromatic heterocycles. The minimum atomic E-state index is 0.212. The average Bonchev–Trinajstić information content (AvgIpc) is 2.65. The number of hydrogen-bond acceptors (Lipinski definition) is 1. The molecular formula is C16H25N. The van der Waals surface area contributed by atoms with Gasteiger partial charge in [0.1, 0.15) is 0 Å². The lowest BCUT2D eigenvalue weighted by Crippen LogP contribution is -2.32. The van der Waals surface area contributed by atoms with Crippen LogP contribution >= 0.6 is 0 Å². The number of rotatable bonds is 2. The maximum absolute atomic E-state index is 4.46. The molecule has 2 rings (SSSR count). The van der Waals surface area contributed by atoms with E-state index < -0.39 is 0 Å². The summed E-state index contributed by atoms with van der Waals surface area (Å²) in [4.78, 5) is 4.46. The fourth-order valence-corrected chi connectivity index (χ4v) is 3.65. The van der Waals surface area contributed by atoms with Gasteiger partial charge in [-0.15, -0.1) is 0 Å². The quantitative estimate of drug-likeness (QED) is 0.480. The van der Waals surface area contributed by atoms with Crippen LogP contribution in [0.15, 0.2) is 27.9 Å². The Labute approximate surface area is 106 Å². The summed E-state index contributed by atoms with van der Waals surface area (Å²) in [5, 5.41) is 0. The van der Waals surface area contributed by atoms with Crippen molar-refractivity contribution in [3.8, 4) is 0 Å². The van der Waals surface area contributed by atoms with Crippen LogP contribution in [-0.2, 0) is 0 Å². The van der Waals surface area contributed by atoms with Crippen molar-refractivity contribution < 1.29 is 0 Å². The molecule has 94 valence electrons. The molecule has 0 radical (unpaired) electrons. The second-order valence-corrected chi connectivity index (χ2v) is 6.16. The Morgan fingerprint density at radius 3 is 2.59 bits per heavy atom. The molecule has 0 amide bonds. The maximum atomic E-state index is 4.46. The predicted molar refractivity (Wildman–Crippen MR) is 75.2 cm³/mol. The van der Waals surface area contributed by atoms with Crippen molar-refractivity contribution in [2.24, 2.45) is 22.2 Å². The first-order valence-electron chi connectivity index (χ1n) is 6.90. The zero-order chi connectivity index (χ0) is 12.6. The highest BCUT2D eigenvalue weighted by Gasteiger charge is 2.44. The highest BCUT2D eigenvalue weighted by molar-refractivity contribution is 5.41. The Morgan fingerprint density at radius 2 is 2.12 bits per heavy atom. The van der Waals surface area contributed by atoms with Gasteiger partial charge in [-0.05, 0) is 56.7 Å². The Morgan fingerprint density at radius 1 is 1.41 bits per heavy atom. The van der Waals surface area contributed by atoms with Crippen LogP contribution < -0.4 is 0 Å². The standard InChI is InChI=1S/C16H25N/c1-11(2)14-7-6-13(4)16(15(14)17-5)9-8-12(3)10-16/h10-11,13H,5-9H2,1-4H3. The number of allylic oxidation sites excluding steroid dienone is 3. The highest BCUT2D eigenvalue weighted by atomic mass is 14.8. The lowest BCUT2D eigenvalue weighted by Gasteiger charge is -2.41. The second kappa shape index (κ2) is 4.44. The zero-order valence-electron chi connectivity index (χ0n) is 11.7. The van der Waals surface area contributed by atoms with E-state index >= 15 is 0 Å². The molecule has 0 aromatic carbocycles. The fourth-order valence-electron chi connectivity index (χ4n) is 3.65. The molecule has 0 aliphatic heterocycles. The van der Waals surface area contributed by atoms with Crippen molar-refractivity contribution in [2.45, 2.75) is 53.4 Å². The van der Waals surface area contributed by atoms with Crippen LogP contribution in [0.3, 0.4) is 0 Å². The zero-order valence-corrected chi connectivity index (χ0v) is 11.7. The predicted octanol–water partition coefficient (Wildman–Crippen LogP) is 4.75. The summed E-state index contributed by atoms with van der Waals surface area (Å²) in [6, 6.07) is 0. The van der Waals surface area contributed by atoms with Crippen molar-refractivity contribution in [1.82, 2.24) is 0 Å². The number of hydrogen-bond donors (Lipinski definition) is 0. The molecule has 1 nitrogen and oxygen atoms in total. The van der Waals surface area contributed by atoms with Gasteiger partial charge in [-0.1, -0.05) is 32.4 Å². The third kappa shape index (κ3) is 1.90. The van der Waals surface area contributed by atoms with E-state index in [2.05, 4.69) is 45.5 Å². The van der Waals surface area contributed by atoms with E-state index in [1.54, 1.807) is 5.57 Å². The van der Waals surface area contributed by atoms with Gasteiger partial charge in [-0.3, -0.25) is 4.99 Å². The Bertz CT molecular complexity index is 386. The summed E-state index contributed by atoms with van der Waals surface area (Å²) in [6.45, 7) is 13.1. The van der Waals surface area contributed by atoms with Crippen molar-refractivity contribution in [3.63, 3.8) is 0 Å². The average molecular weight is 231 g/mol. The summed E-state index contributed by atoms with van der Waals surface area (Å²) in [5.41, 5.74) is 4.60. The molecule has 0 heterocycles. The third-order valence-electron chi connectivity index (χ3n) is 4.76. The van der Waals surface area contributed by atoms with Gasteiger partial charge in [0.25, 0.3) is 0 Å². The molecule has 1 heteroatoms. The van der Waals surface area contributed by atoms with Crippen molar-refractivity contribution in [1.29, 1.82) is 0 Å². The van der Waals surface area contributed by atoms with Gasteiger partial charge in [-0.25, -0.2) is 0 Å². The normalized spacial score (nSPS) is 33.5. The van der Waals surface area contributed by atoms with Crippen LogP contribution in [0.2, 0.25) is 0 Å². The van der Waals surface area contributed by atoms with Crippen LogP contribution in [0.25, 0.3) is 0 Å². The van der Waals surface area contributed by atoms with Crippen molar-refractivity contribution in [3.05, 3.63) is 22.9 Å². The molecule has 2 unspecified atom stereocenters. The van der Waals surface area contributed by atoms with E-state index in [1.165, 1.54) is 37.0 Å². The summed E-state index contributed by atoms with van der Waals surface area (Å²) < 4.78 is 0. The summed E-state index contributed by atoms with van der Waals surface area (Å²) in [6.07, 6.45) is 7.47. The van der Waals surface area contributed by atoms with Crippen LogP contribution in [0, 0.1) is 17.3 Å². The molecule has 0 bridgehead atoms. The van der Waals surface area contributed by atoms with Crippen molar-refractivity contribution in [2.75, 3.05) is 0 Å². The van der Waals surface area contributed by atoms with E-state index in [-0.39, 0.29) is 5.41 Å². The number of aliphatic imine (C=N–C) groups is 1. The molecule has 2 aliphatic rings. The molecule has 0 fully saturated rings. The fraction of sp³-hybridized carbons (Fsp3) is 0.688.